The van der Waals surface area contributed by atoms with E-state index in [-0.39, 0.29) is 29.5 Å². The zero-order chi connectivity index (χ0) is 12.8. The normalized spacial score (nSPS) is 9.76. The van der Waals surface area contributed by atoms with Gasteiger partial charge in [0.2, 0.25) is 5.91 Å². The summed E-state index contributed by atoms with van der Waals surface area (Å²) in [4.78, 5) is 22.2. The van der Waals surface area contributed by atoms with Crippen molar-refractivity contribution in [1.82, 2.24) is 0 Å². The maximum absolute atomic E-state index is 11.4. The summed E-state index contributed by atoms with van der Waals surface area (Å²) in [5.74, 6) is -0.819. The number of esters is 1. The Balaban J connectivity index is 2.50. The van der Waals surface area contributed by atoms with Crippen LogP contribution in [0.1, 0.15) is 12.8 Å². The average Bonchev–Trinajstić information content (AvgIpc) is 2.31. The number of anilines is 1. The van der Waals surface area contributed by atoms with Crippen molar-refractivity contribution in [2.75, 3.05) is 12.4 Å². The van der Waals surface area contributed by atoms with Crippen LogP contribution in [0.3, 0.4) is 0 Å². The molecule has 0 radical (unpaired) electrons. The number of phenolic OH excluding ortho intramolecular Hbond substituents is 1. The standard InChI is InChI=1S/C11H12ClNO4/c1-17-11(16)5-4-10(15)13-7-2-3-9(14)8(12)6-7/h2-3,6,14H,4-5H2,1H3,(H,13,15). The van der Waals surface area contributed by atoms with E-state index in [2.05, 4.69) is 10.1 Å². The molecule has 92 valence electrons. The Morgan fingerprint density at radius 1 is 1.41 bits per heavy atom. The lowest BCUT2D eigenvalue weighted by Gasteiger charge is -2.05. The van der Waals surface area contributed by atoms with Gasteiger partial charge >= 0.3 is 5.97 Å². The first-order valence-corrected chi connectivity index (χ1v) is 5.26. The second-order valence-electron chi connectivity index (χ2n) is 3.29. The summed E-state index contributed by atoms with van der Waals surface area (Å²) in [5, 5.41) is 11.9. The molecule has 1 aromatic carbocycles. The van der Waals surface area contributed by atoms with E-state index >= 15 is 0 Å². The number of halogens is 1. The fourth-order valence-electron chi connectivity index (χ4n) is 1.13. The first-order valence-electron chi connectivity index (χ1n) is 4.88. The molecule has 0 heterocycles. The van der Waals surface area contributed by atoms with Crippen molar-refractivity contribution >= 4 is 29.2 Å². The third-order valence-electron chi connectivity index (χ3n) is 2.02. The lowest BCUT2D eigenvalue weighted by Crippen LogP contribution is -2.13. The van der Waals surface area contributed by atoms with Crippen molar-refractivity contribution in [3.8, 4) is 5.75 Å². The van der Waals surface area contributed by atoms with Crippen LogP contribution in [0.5, 0.6) is 5.75 Å². The van der Waals surface area contributed by atoms with Crippen molar-refractivity contribution in [1.29, 1.82) is 0 Å². The molecular weight excluding hydrogens is 246 g/mol. The van der Waals surface area contributed by atoms with E-state index in [1.807, 2.05) is 0 Å². The molecule has 0 aliphatic rings. The largest absolute Gasteiger partial charge is 0.506 e. The van der Waals surface area contributed by atoms with E-state index in [1.54, 1.807) is 0 Å². The minimum Gasteiger partial charge on any atom is -0.506 e. The number of phenols is 1. The van der Waals surface area contributed by atoms with E-state index in [4.69, 9.17) is 11.6 Å². The second-order valence-corrected chi connectivity index (χ2v) is 3.70. The molecule has 0 fully saturated rings. The third-order valence-corrected chi connectivity index (χ3v) is 2.32. The maximum Gasteiger partial charge on any atom is 0.306 e. The van der Waals surface area contributed by atoms with Crippen LogP contribution < -0.4 is 5.32 Å². The van der Waals surface area contributed by atoms with E-state index in [1.165, 1.54) is 25.3 Å². The number of rotatable bonds is 4. The lowest BCUT2D eigenvalue weighted by atomic mass is 10.2. The van der Waals surface area contributed by atoms with Crippen LogP contribution in [0.4, 0.5) is 5.69 Å². The Hall–Kier alpha value is -1.75. The van der Waals surface area contributed by atoms with Gasteiger partial charge in [0.1, 0.15) is 5.75 Å². The first-order chi connectivity index (χ1) is 8.02. The summed E-state index contributed by atoms with van der Waals surface area (Å²) < 4.78 is 4.41. The number of aromatic hydroxyl groups is 1. The zero-order valence-electron chi connectivity index (χ0n) is 9.20. The maximum atomic E-state index is 11.4. The molecule has 0 aliphatic heterocycles. The first kappa shape index (κ1) is 13.3. The van der Waals surface area contributed by atoms with Gasteiger partial charge in [0.25, 0.3) is 0 Å². The second kappa shape index (κ2) is 6.10. The molecule has 0 spiro atoms. The molecule has 2 N–H and O–H groups in total. The Bertz CT molecular complexity index is 433. The lowest BCUT2D eigenvalue weighted by molar-refractivity contribution is -0.141. The van der Waals surface area contributed by atoms with Crippen molar-refractivity contribution in [2.24, 2.45) is 0 Å². The molecule has 1 rings (SSSR count). The number of carbonyl (C=O) groups excluding carboxylic acids is 2. The molecule has 0 bridgehead atoms. The van der Waals surface area contributed by atoms with Crippen molar-refractivity contribution in [3.63, 3.8) is 0 Å². The molecule has 1 aromatic rings. The molecule has 0 unspecified atom stereocenters. The van der Waals surface area contributed by atoms with Crippen molar-refractivity contribution in [2.45, 2.75) is 12.8 Å². The van der Waals surface area contributed by atoms with Gasteiger partial charge in [0, 0.05) is 12.1 Å². The smallest absolute Gasteiger partial charge is 0.306 e. The number of hydrogen-bond donors (Lipinski definition) is 2. The highest BCUT2D eigenvalue weighted by Crippen LogP contribution is 2.26. The van der Waals surface area contributed by atoms with Crippen molar-refractivity contribution < 1.29 is 19.4 Å². The van der Waals surface area contributed by atoms with Crippen LogP contribution in [0, 0.1) is 0 Å². The highest BCUT2D eigenvalue weighted by Gasteiger charge is 2.08. The molecule has 0 saturated heterocycles. The average molecular weight is 258 g/mol. The van der Waals surface area contributed by atoms with Crippen LogP contribution in [-0.2, 0) is 14.3 Å². The van der Waals surface area contributed by atoms with Crippen LogP contribution >= 0.6 is 11.6 Å². The molecule has 6 heteroatoms. The summed E-state index contributed by atoms with van der Waals surface area (Å²) in [5.41, 5.74) is 0.461. The summed E-state index contributed by atoms with van der Waals surface area (Å²) >= 11 is 5.67. The van der Waals surface area contributed by atoms with E-state index in [0.29, 0.717) is 5.69 Å². The molecular formula is C11H12ClNO4. The van der Waals surface area contributed by atoms with E-state index in [0.717, 1.165) is 0 Å². The number of hydrogen-bond acceptors (Lipinski definition) is 4. The SMILES string of the molecule is COC(=O)CCC(=O)Nc1ccc(O)c(Cl)c1. The van der Waals surface area contributed by atoms with Gasteiger partial charge < -0.3 is 15.2 Å². The summed E-state index contributed by atoms with van der Waals surface area (Å²) in [6, 6.07) is 4.31. The molecule has 0 atom stereocenters. The number of methoxy groups -OCH3 is 1. The van der Waals surface area contributed by atoms with Crippen LogP contribution in [-0.4, -0.2) is 24.1 Å². The van der Waals surface area contributed by atoms with Gasteiger partial charge in [0.15, 0.2) is 0 Å². The Kier molecular flexibility index (Phi) is 4.78. The predicted octanol–water partition coefficient (Wildman–Crippen LogP) is 1.94. The van der Waals surface area contributed by atoms with Gasteiger partial charge in [-0.2, -0.15) is 0 Å². The molecule has 1 amide bonds. The minimum atomic E-state index is -0.441. The third kappa shape index (κ3) is 4.32. The zero-order valence-corrected chi connectivity index (χ0v) is 9.95. The Morgan fingerprint density at radius 3 is 2.71 bits per heavy atom. The predicted molar refractivity (Wildman–Crippen MR) is 63.0 cm³/mol. The Labute approximate surface area is 103 Å². The van der Waals surface area contributed by atoms with Crippen LogP contribution in [0.15, 0.2) is 18.2 Å². The topological polar surface area (TPSA) is 75.6 Å². The summed E-state index contributed by atoms with van der Waals surface area (Å²) in [6.07, 6.45) is 0.0549. The number of benzene rings is 1. The molecule has 0 aliphatic carbocycles. The highest BCUT2D eigenvalue weighted by molar-refractivity contribution is 6.32. The van der Waals surface area contributed by atoms with Crippen LogP contribution in [0.2, 0.25) is 5.02 Å². The van der Waals surface area contributed by atoms with Gasteiger partial charge in [-0.15, -0.1) is 0 Å². The number of nitrogens with one attached hydrogen (secondary N) is 1. The van der Waals surface area contributed by atoms with Gasteiger partial charge in [-0.05, 0) is 18.2 Å². The number of carbonyl (C=O) groups is 2. The van der Waals surface area contributed by atoms with E-state index < -0.39 is 5.97 Å². The number of ether oxygens (including phenoxy) is 1. The monoisotopic (exact) mass is 257 g/mol. The Morgan fingerprint density at radius 2 is 2.12 bits per heavy atom. The number of amides is 1. The fourth-order valence-corrected chi connectivity index (χ4v) is 1.31. The molecule has 0 saturated carbocycles. The minimum absolute atomic E-state index is 0.0220. The molecule has 5 nitrogen and oxygen atoms in total. The van der Waals surface area contributed by atoms with Crippen molar-refractivity contribution in [3.05, 3.63) is 23.2 Å². The fraction of sp³-hybridized carbons (Fsp3) is 0.273. The molecule has 17 heavy (non-hydrogen) atoms. The van der Waals surface area contributed by atoms with Gasteiger partial charge in [0.05, 0.1) is 18.6 Å². The van der Waals surface area contributed by atoms with Gasteiger partial charge in [-0.25, -0.2) is 0 Å². The highest BCUT2D eigenvalue weighted by atomic mass is 35.5. The van der Waals surface area contributed by atoms with E-state index in [9.17, 15) is 14.7 Å². The molecule has 0 aromatic heterocycles. The summed E-state index contributed by atoms with van der Waals surface area (Å²) in [6.45, 7) is 0. The van der Waals surface area contributed by atoms with Crippen LogP contribution in [0.25, 0.3) is 0 Å². The quantitative estimate of drug-likeness (QED) is 0.638. The summed E-state index contributed by atoms with van der Waals surface area (Å²) in [7, 11) is 1.26. The van der Waals surface area contributed by atoms with Gasteiger partial charge in [-0.3, -0.25) is 9.59 Å². The van der Waals surface area contributed by atoms with Gasteiger partial charge in [-0.1, -0.05) is 11.6 Å².